The highest BCUT2D eigenvalue weighted by molar-refractivity contribution is 5.99. The van der Waals surface area contributed by atoms with Crippen molar-refractivity contribution >= 4 is 11.4 Å². The number of unbranched alkanes of at least 4 members (excludes halogenated alkanes) is 1. The minimum atomic E-state index is 0.776. The maximum Gasteiger partial charge on any atom is 0.119 e. The van der Waals surface area contributed by atoms with E-state index >= 15 is 0 Å². The number of hydrogen-bond acceptors (Lipinski definition) is 3. The van der Waals surface area contributed by atoms with Gasteiger partial charge < -0.3 is 4.74 Å². The van der Waals surface area contributed by atoms with Gasteiger partial charge in [0.25, 0.3) is 0 Å². The van der Waals surface area contributed by atoms with E-state index in [4.69, 9.17) is 4.74 Å². The fraction of sp³-hybridized carbons (Fsp3) is 0.316. The minimum absolute atomic E-state index is 0.776. The van der Waals surface area contributed by atoms with Crippen LogP contribution in [0.4, 0.5) is 5.69 Å². The van der Waals surface area contributed by atoms with Crippen LogP contribution in [0.3, 0.4) is 0 Å². The van der Waals surface area contributed by atoms with Crippen molar-refractivity contribution in [2.75, 3.05) is 12.0 Å². The van der Waals surface area contributed by atoms with Crippen molar-refractivity contribution < 1.29 is 4.74 Å². The standard InChI is InChI=1S/C19H24N2O/c1-4-5-14-22-19-12-8-17(9-13-19)16(3)20-21-18-10-6-15(2)7-11-18/h6-13,21H,4-5,14H2,1-3H3. The molecule has 0 spiro atoms. The van der Waals surface area contributed by atoms with Crippen LogP contribution in [-0.4, -0.2) is 12.3 Å². The molecule has 0 saturated carbocycles. The highest BCUT2D eigenvalue weighted by atomic mass is 16.5. The van der Waals surface area contributed by atoms with Crippen molar-refractivity contribution in [3.05, 3.63) is 59.7 Å². The summed E-state index contributed by atoms with van der Waals surface area (Å²) in [6.45, 7) is 7.00. The number of hydrogen-bond donors (Lipinski definition) is 1. The summed E-state index contributed by atoms with van der Waals surface area (Å²) in [6.07, 6.45) is 2.23. The van der Waals surface area contributed by atoms with Crippen LogP contribution in [-0.2, 0) is 0 Å². The smallest absolute Gasteiger partial charge is 0.119 e. The van der Waals surface area contributed by atoms with Gasteiger partial charge in [-0.25, -0.2) is 0 Å². The second-order valence-electron chi connectivity index (χ2n) is 5.40. The summed E-state index contributed by atoms with van der Waals surface area (Å²) < 4.78 is 5.67. The first-order valence-corrected chi connectivity index (χ1v) is 7.79. The zero-order chi connectivity index (χ0) is 15.8. The maximum atomic E-state index is 5.67. The normalized spacial score (nSPS) is 11.3. The molecule has 0 aliphatic carbocycles. The molecule has 0 bridgehead atoms. The molecule has 2 rings (SSSR count). The van der Waals surface area contributed by atoms with Crippen molar-refractivity contribution in [2.45, 2.75) is 33.6 Å². The molecule has 1 N–H and O–H groups in total. The van der Waals surface area contributed by atoms with E-state index in [2.05, 4.69) is 36.5 Å². The van der Waals surface area contributed by atoms with E-state index in [0.717, 1.165) is 42.2 Å². The Bertz CT molecular complexity index is 600. The number of ether oxygens (including phenoxy) is 1. The van der Waals surface area contributed by atoms with E-state index in [1.165, 1.54) is 5.56 Å². The van der Waals surface area contributed by atoms with E-state index in [9.17, 15) is 0 Å². The van der Waals surface area contributed by atoms with Crippen molar-refractivity contribution in [1.29, 1.82) is 0 Å². The Balaban J connectivity index is 1.95. The van der Waals surface area contributed by atoms with Crippen LogP contribution in [0.15, 0.2) is 53.6 Å². The molecule has 0 aliphatic heterocycles. The number of aryl methyl sites for hydroxylation is 1. The van der Waals surface area contributed by atoms with Crippen molar-refractivity contribution in [3.8, 4) is 5.75 Å². The number of nitrogens with one attached hydrogen (secondary N) is 1. The zero-order valence-corrected chi connectivity index (χ0v) is 13.6. The lowest BCUT2D eigenvalue weighted by molar-refractivity contribution is 0.309. The van der Waals surface area contributed by atoms with E-state index < -0.39 is 0 Å². The van der Waals surface area contributed by atoms with Crippen LogP contribution in [0.1, 0.15) is 37.8 Å². The van der Waals surface area contributed by atoms with Gasteiger partial charge in [0.1, 0.15) is 5.75 Å². The fourth-order valence-corrected chi connectivity index (χ4v) is 1.97. The third kappa shape index (κ3) is 4.92. The third-order valence-electron chi connectivity index (χ3n) is 3.44. The van der Waals surface area contributed by atoms with Gasteiger partial charge in [0.05, 0.1) is 18.0 Å². The molecule has 2 aromatic rings. The fourth-order valence-electron chi connectivity index (χ4n) is 1.97. The molecule has 3 nitrogen and oxygen atoms in total. The molecular formula is C19H24N2O. The van der Waals surface area contributed by atoms with Gasteiger partial charge in [-0.05, 0) is 62.2 Å². The summed E-state index contributed by atoms with van der Waals surface area (Å²) in [7, 11) is 0. The van der Waals surface area contributed by atoms with Gasteiger partial charge in [0.2, 0.25) is 0 Å². The summed E-state index contributed by atoms with van der Waals surface area (Å²) in [5.74, 6) is 0.913. The van der Waals surface area contributed by atoms with Gasteiger partial charge in [0.15, 0.2) is 0 Å². The Morgan fingerprint density at radius 3 is 2.36 bits per heavy atom. The summed E-state index contributed by atoms with van der Waals surface area (Å²) in [5.41, 5.74) is 7.34. The number of anilines is 1. The average molecular weight is 296 g/mol. The van der Waals surface area contributed by atoms with Crippen LogP contribution in [0, 0.1) is 6.92 Å². The second kappa shape index (κ2) is 8.23. The second-order valence-corrected chi connectivity index (χ2v) is 5.40. The topological polar surface area (TPSA) is 33.6 Å². The van der Waals surface area contributed by atoms with E-state index in [1.807, 2.05) is 43.3 Å². The van der Waals surface area contributed by atoms with Gasteiger partial charge in [-0.15, -0.1) is 0 Å². The van der Waals surface area contributed by atoms with Crippen molar-refractivity contribution in [1.82, 2.24) is 0 Å². The molecule has 2 aromatic carbocycles. The number of rotatable bonds is 7. The molecular weight excluding hydrogens is 272 g/mol. The molecule has 0 saturated heterocycles. The van der Waals surface area contributed by atoms with Crippen LogP contribution in [0.25, 0.3) is 0 Å². The van der Waals surface area contributed by atoms with Gasteiger partial charge in [-0.1, -0.05) is 31.0 Å². The van der Waals surface area contributed by atoms with Crippen LogP contribution in [0.2, 0.25) is 0 Å². The Morgan fingerprint density at radius 1 is 1.05 bits per heavy atom. The Kier molecular flexibility index (Phi) is 6.01. The van der Waals surface area contributed by atoms with E-state index in [1.54, 1.807) is 0 Å². The molecule has 0 fully saturated rings. The summed E-state index contributed by atoms with van der Waals surface area (Å²) in [5, 5.41) is 4.43. The highest BCUT2D eigenvalue weighted by Gasteiger charge is 1.99. The lowest BCUT2D eigenvalue weighted by atomic mass is 10.1. The molecule has 3 heteroatoms. The predicted octanol–water partition coefficient (Wildman–Crippen LogP) is 5.01. The third-order valence-corrected chi connectivity index (χ3v) is 3.44. The molecule has 0 amide bonds. The summed E-state index contributed by atoms with van der Waals surface area (Å²) in [4.78, 5) is 0. The monoisotopic (exact) mass is 296 g/mol. The van der Waals surface area contributed by atoms with Crippen LogP contribution in [0.5, 0.6) is 5.75 Å². The quantitative estimate of drug-likeness (QED) is 0.442. The Labute approximate surface area is 133 Å². The maximum absolute atomic E-state index is 5.67. The number of benzene rings is 2. The van der Waals surface area contributed by atoms with Crippen LogP contribution >= 0.6 is 0 Å². The van der Waals surface area contributed by atoms with Gasteiger partial charge in [-0.2, -0.15) is 5.10 Å². The lowest BCUT2D eigenvalue weighted by Crippen LogP contribution is -2.00. The van der Waals surface area contributed by atoms with E-state index in [-0.39, 0.29) is 0 Å². The first-order valence-electron chi connectivity index (χ1n) is 7.79. The van der Waals surface area contributed by atoms with Crippen molar-refractivity contribution in [2.24, 2.45) is 5.10 Å². The van der Waals surface area contributed by atoms with Crippen LogP contribution < -0.4 is 10.2 Å². The predicted molar refractivity (Wildman–Crippen MR) is 93.9 cm³/mol. The molecule has 0 atom stereocenters. The summed E-state index contributed by atoms with van der Waals surface area (Å²) in [6, 6.07) is 16.2. The van der Waals surface area contributed by atoms with Gasteiger partial charge >= 0.3 is 0 Å². The molecule has 0 aliphatic rings. The Hall–Kier alpha value is -2.29. The molecule has 0 heterocycles. The summed E-state index contributed by atoms with van der Waals surface area (Å²) >= 11 is 0. The first kappa shape index (κ1) is 16.1. The molecule has 0 unspecified atom stereocenters. The zero-order valence-electron chi connectivity index (χ0n) is 13.6. The SMILES string of the molecule is CCCCOc1ccc(C(C)=NNc2ccc(C)cc2)cc1. The molecule has 0 aromatic heterocycles. The average Bonchev–Trinajstić information content (AvgIpc) is 2.55. The van der Waals surface area contributed by atoms with Gasteiger partial charge in [-0.3, -0.25) is 5.43 Å². The van der Waals surface area contributed by atoms with Gasteiger partial charge in [0, 0.05) is 0 Å². The number of hydrazone groups is 1. The number of nitrogens with zero attached hydrogens (tertiary/aromatic N) is 1. The lowest BCUT2D eigenvalue weighted by Gasteiger charge is -2.07. The first-order chi connectivity index (χ1) is 10.7. The highest BCUT2D eigenvalue weighted by Crippen LogP contribution is 2.14. The molecule has 0 radical (unpaired) electrons. The van der Waals surface area contributed by atoms with Crippen molar-refractivity contribution in [3.63, 3.8) is 0 Å². The molecule has 22 heavy (non-hydrogen) atoms. The van der Waals surface area contributed by atoms with E-state index in [0.29, 0.717) is 0 Å². The minimum Gasteiger partial charge on any atom is -0.494 e. The Morgan fingerprint density at radius 2 is 1.73 bits per heavy atom. The molecule has 116 valence electrons. The largest absolute Gasteiger partial charge is 0.494 e.